The maximum atomic E-state index is 11.4. The number of aryl methyl sites for hydroxylation is 1. The van der Waals surface area contributed by atoms with Crippen molar-refractivity contribution in [2.75, 3.05) is 0 Å². The largest absolute Gasteiger partial charge is 0.480 e. The molecule has 3 nitrogen and oxygen atoms in total. The van der Waals surface area contributed by atoms with Crippen molar-refractivity contribution in [3.05, 3.63) is 30.0 Å². The standard InChI is InChI=1S/C15H19NO2S/c1-9(2)7-12(15(17)18)19-13-8-16-11-6-4-5-10(3)14(11)13/h4-6,8-9,12,16H,7H2,1-3H3,(H,17,18)/t12-/m1/s1. The van der Waals surface area contributed by atoms with Crippen LogP contribution in [-0.2, 0) is 4.79 Å². The van der Waals surface area contributed by atoms with E-state index in [9.17, 15) is 9.90 Å². The van der Waals surface area contributed by atoms with Gasteiger partial charge in [0.1, 0.15) is 5.25 Å². The second-order valence-corrected chi connectivity index (χ2v) is 6.47. The number of hydrogen-bond acceptors (Lipinski definition) is 2. The van der Waals surface area contributed by atoms with E-state index in [1.165, 1.54) is 17.3 Å². The Morgan fingerprint density at radius 2 is 2.16 bits per heavy atom. The zero-order chi connectivity index (χ0) is 14.0. The summed E-state index contributed by atoms with van der Waals surface area (Å²) < 4.78 is 0. The Labute approximate surface area is 117 Å². The summed E-state index contributed by atoms with van der Waals surface area (Å²) in [7, 11) is 0. The lowest BCUT2D eigenvalue weighted by Crippen LogP contribution is -2.18. The summed E-state index contributed by atoms with van der Waals surface area (Å²) in [5.41, 5.74) is 2.24. The summed E-state index contributed by atoms with van der Waals surface area (Å²) in [4.78, 5) is 15.6. The third kappa shape index (κ3) is 3.13. The molecular weight excluding hydrogens is 258 g/mol. The smallest absolute Gasteiger partial charge is 0.316 e. The lowest BCUT2D eigenvalue weighted by Gasteiger charge is -2.14. The molecule has 0 amide bonds. The second-order valence-electron chi connectivity index (χ2n) is 5.22. The Morgan fingerprint density at radius 3 is 2.79 bits per heavy atom. The first-order valence-corrected chi connectivity index (χ1v) is 7.33. The molecule has 1 heterocycles. The van der Waals surface area contributed by atoms with Crippen molar-refractivity contribution in [2.24, 2.45) is 5.92 Å². The number of fused-ring (bicyclic) bond motifs is 1. The first-order valence-electron chi connectivity index (χ1n) is 6.45. The van der Waals surface area contributed by atoms with E-state index >= 15 is 0 Å². The maximum Gasteiger partial charge on any atom is 0.316 e. The maximum absolute atomic E-state index is 11.4. The van der Waals surface area contributed by atoms with Gasteiger partial charge in [-0.05, 0) is 30.9 Å². The number of rotatable bonds is 5. The Bertz CT molecular complexity index is 589. The molecule has 1 atom stereocenters. The molecule has 0 aliphatic carbocycles. The van der Waals surface area contributed by atoms with Crippen molar-refractivity contribution < 1.29 is 9.90 Å². The molecule has 0 fully saturated rings. The minimum absolute atomic E-state index is 0.375. The average Bonchev–Trinajstić information content (AvgIpc) is 2.72. The molecular formula is C15H19NO2S. The van der Waals surface area contributed by atoms with Crippen LogP contribution in [0.15, 0.2) is 29.3 Å². The SMILES string of the molecule is Cc1cccc2[nH]cc(S[C@H](CC(C)C)C(=O)O)c12. The van der Waals surface area contributed by atoms with Crippen LogP contribution in [0.4, 0.5) is 0 Å². The molecule has 0 saturated heterocycles. The number of aliphatic carboxylic acids is 1. The highest BCUT2D eigenvalue weighted by Gasteiger charge is 2.22. The predicted octanol–water partition coefficient (Wildman–Crippen LogP) is 4.07. The molecule has 0 spiro atoms. The Kier molecular flexibility index (Phi) is 4.20. The first-order chi connectivity index (χ1) is 8.99. The third-order valence-corrected chi connectivity index (χ3v) is 4.36. The lowest BCUT2D eigenvalue weighted by molar-refractivity contribution is -0.136. The van der Waals surface area contributed by atoms with E-state index in [1.807, 2.05) is 18.3 Å². The number of carboxylic acids is 1. The van der Waals surface area contributed by atoms with E-state index < -0.39 is 11.2 Å². The fourth-order valence-corrected chi connectivity index (χ4v) is 3.61. The van der Waals surface area contributed by atoms with Crippen LogP contribution >= 0.6 is 11.8 Å². The third-order valence-electron chi connectivity index (χ3n) is 3.11. The van der Waals surface area contributed by atoms with Gasteiger partial charge in [-0.3, -0.25) is 4.79 Å². The number of benzene rings is 1. The van der Waals surface area contributed by atoms with Crippen LogP contribution in [0.1, 0.15) is 25.8 Å². The zero-order valence-corrected chi connectivity index (χ0v) is 12.3. The monoisotopic (exact) mass is 277 g/mol. The van der Waals surface area contributed by atoms with E-state index in [2.05, 4.69) is 31.8 Å². The fraction of sp³-hybridized carbons (Fsp3) is 0.400. The lowest BCUT2D eigenvalue weighted by atomic mass is 10.1. The van der Waals surface area contributed by atoms with Crippen LogP contribution < -0.4 is 0 Å². The molecule has 0 saturated carbocycles. The van der Waals surface area contributed by atoms with Crippen LogP contribution in [0.2, 0.25) is 0 Å². The molecule has 4 heteroatoms. The number of hydrogen-bond donors (Lipinski definition) is 2. The van der Waals surface area contributed by atoms with Gasteiger partial charge in [-0.25, -0.2) is 0 Å². The molecule has 2 aromatic rings. The number of nitrogens with one attached hydrogen (secondary N) is 1. The zero-order valence-electron chi connectivity index (χ0n) is 11.4. The van der Waals surface area contributed by atoms with Crippen LogP contribution in [0, 0.1) is 12.8 Å². The van der Waals surface area contributed by atoms with Gasteiger partial charge >= 0.3 is 5.97 Å². The molecule has 0 aliphatic rings. The molecule has 2 rings (SSSR count). The van der Waals surface area contributed by atoms with Crippen molar-refractivity contribution >= 4 is 28.6 Å². The Balaban J connectivity index is 2.31. The number of H-pyrrole nitrogens is 1. The van der Waals surface area contributed by atoms with Gasteiger partial charge in [-0.1, -0.05) is 26.0 Å². The van der Waals surface area contributed by atoms with Gasteiger partial charge in [0.15, 0.2) is 0 Å². The summed E-state index contributed by atoms with van der Waals surface area (Å²) in [5, 5.41) is 10.1. The van der Waals surface area contributed by atoms with Gasteiger partial charge in [0.05, 0.1) is 0 Å². The minimum Gasteiger partial charge on any atom is -0.480 e. The van der Waals surface area contributed by atoms with E-state index in [-0.39, 0.29) is 0 Å². The summed E-state index contributed by atoms with van der Waals surface area (Å²) in [6.07, 6.45) is 2.59. The van der Waals surface area contributed by atoms with Crippen molar-refractivity contribution in [3.63, 3.8) is 0 Å². The highest BCUT2D eigenvalue weighted by Crippen LogP contribution is 2.35. The number of thioether (sulfide) groups is 1. The number of aromatic nitrogens is 1. The molecule has 0 unspecified atom stereocenters. The molecule has 1 aromatic carbocycles. The molecule has 19 heavy (non-hydrogen) atoms. The fourth-order valence-electron chi connectivity index (χ4n) is 2.20. The van der Waals surface area contributed by atoms with E-state index in [4.69, 9.17) is 0 Å². The van der Waals surface area contributed by atoms with Crippen molar-refractivity contribution in [1.29, 1.82) is 0 Å². The van der Waals surface area contributed by atoms with Gasteiger partial charge in [0.25, 0.3) is 0 Å². The van der Waals surface area contributed by atoms with Crippen LogP contribution in [0.3, 0.4) is 0 Å². The molecule has 0 aliphatic heterocycles. The highest BCUT2D eigenvalue weighted by atomic mass is 32.2. The van der Waals surface area contributed by atoms with E-state index in [1.54, 1.807) is 0 Å². The van der Waals surface area contributed by atoms with Crippen molar-refractivity contribution in [1.82, 2.24) is 4.98 Å². The molecule has 0 bridgehead atoms. The van der Waals surface area contributed by atoms with Gasteiger partial charge in [-0.15, -0.1) is 11.8 Å². The van der Waals surface area contributed by atoms with Gasteiger partial charge in [-0.2, -0.15) is 0 Å². The summed E-state index contributed by atoms with van der Waals surface area (Å²) in [5.74, 6) is -0.360. The molecule has 102 valence electrons. The summed E-state index contributed by atoms with van der Waals surface area (Å²) >= 11 is 1.44. The van der Waals surface area contributed by atoms with Crippen LogP contribution in [0.25, 0.3) is 10.9 Å². The molecule has 2 N–H and O–H groups in total. The molecule has 0 radical (unpaired) electrons. The van der Waals surface area contributed by atoms with Gasteiger partial charge in [0.2, 0.25) is 0 Å². The topological polar surface area (TPSA) is 53.1 Å². The van der Waals surface area contributed by atoms with Crippen LogP contribution in [-0.4, -0.2) is 21.3 Å². The number of carboxylic acid groups (broad SMARTS) is 1. The summed E-state index contributed by atoms with van der Waals surface area (Å²) in [6.45, 7) is 6.16. The van der Waals surface area contributed by atoms with E-state index in [0.717, 1.165) is 15.8 Å². The number of carbonyl (C=O) groups is 1. The minimum atomic E-state index is -0.735. The molecule has 1 aromatic heterocycles. The van der Waals surface area contributed by atoms with Gasteiger partial charge in [0, 0.05) is 22.0 Å². The van der Waals surface area contributed by atoms with Crippen molar-refractivity contribution in [3.8, 4) is 0 Å². The van der Waals surface area contributed by atoms with Crippen LogP contribution in [0.5, 0.6) is 0 Å². The Hall–Kier alpha value is -1.42. The summed E-state index contributed by atoms with van der Waals surface area (Å²) in [6, 6.07) is 6.08. The van der Waals surface area contributed by atoms with E-state index in [0.29, 0.717) is 12.3 Å². The predicted molar refractivity (Wildman–Crippen MR) is 79.8 cm³/mol. The van der Waals surface area contributed by atoms with Gasteiger partial charge < -0.3 is 10.1 Å². The quantitative estimate of drug-likeness (QED) is 0.810. The number of aromatic amines is 1. The average molecular weight is 277 g/mol. The van der Waals surface area contributed by atoms with Crippen molar-refractivity contribution in [2.45, 2.75) is 37.3 Å². The normalized spacial score (nSPS) is 13.1. The second kappa shape index (κ2) is 5.70. The highest BCUT2D eigenvalue weighted by molar-refractivity contribution is 8.00. The first kappa shape index (κ1) is 14.0. The Morgan fingerprint density at radius 1 is 1.42 bits per heavy atom.